The van der Waals surface area contributed by atoms with Crippen LogP contribution in [0.5, 0.6) is 0 Å². The van der Waals surface area contributed by atoms with Gasteiger partial charge in [0.05, 0.1) is 11.9 Å². The van der Waals surface area contributed by atoms with Gasteiger partial charge in [0.15, 0.2) is 0 Å². The van der Waals surface area contributed by atoms with Crippen molar-refractivity contribution in [1.29, 1.82) is 0 Å². The van der Waals surface area contributed by atoms with Gasteiger partial charge in [-0.1, -0.05) is 31.0 Å². The number of hydrogen-bond donors (Lipinski definition) is 1. The third-order valence-electron chi connectivity index (χ3n) is 4.00. The van der Waals surface area contributed by atoms with Crippen LogP contribution in [-0.4, -0.2) is 24.0 Å². The average Bonchev–Trinajstić information content (AvgIpc) is 2.86. The fraction of sp³-hybridized carbons (Fsp3) is 0.333. The molecule has 0 bridgehead atoms. The third kappa shape index (κ3) is 3.64. The molecule has 1 aromatic carbocycles. The first-order chi connectivity index (χ1) is 10.8. The van der Waals surface area contributed by atoms with E-state index in [-0.39, 0.29) is 5.91 Å². The van der Waals surface area contributed by atoms with E-state index >= 15 is 0 Å². The number of rotatable bonds is 3. The van der Waals surface area contributed by atoms with Gasteiger partial charge in [0.2, 0.25) is 0 Å². The minimum Gasteiger partial charge on any atom is -0.370 e. The Kier molecular flexibility index (Phi) is 4.68. The second-order valence-electron chi connectivity index (χ2n) is 5.62. The van der Waals surface area contributed by atoms with Crippen molar-refractivity contribution in [3.8, 4) is 0 Å². The van der Waals surface area contributed by atoms with Crippen molar-refractivity contribution >= 4 is 17.4 Å². The largest absolute Gasteiger partial charge is 0.370 e. The number of nitrogens with zero attached hydrogens (tertiary/aromatic N) is 2. The molecule has 1 N–H and O–H groups in total. The molecule has 2 aromatic rings. The molecule has 2 heterocycles. The lowest BCUT2D eigenvalue weighted by molar-refractivity contribution is 0.102. The number of nitrogens with one attached hydrogen (secondary N) is 1. The standard InChI is InChI=1S/C18H21N3O/c22-18(15-8-4-3-5-9-15)20-17-11-10-16(14-19-17)21-12-6-1-2-7-13-21/h3-5,8-11,14H,1-2,6-7,12-13H2,(H,19,20,22). The number of anilines is 2. The molecule has 1 aliphatic heterocycles. The van der Waals surface area contributed by atoms with Gasteiger partial charge in [0, 0.05) is 18.7 Å². The molecule has 1 aliphatic rings. The van der Waals surface area contributed by atoms with Crippen molar-refractivity contribution in [3.05, 3.63) is 54.2 Å². The summed E-state index contributed by atoms with van der Waals surface area (Å²) in [5.74, 6) is 0.461. The summed E-state index contributed by atoms with van der Waals surface area (Å²) in [6.07, 6.45) is 6.97. The van der Waals surface area contributed by atoms with E-state index in [1.807, 2.05) is 36.5 Å². The van der Waals surface area contributed by atoms with Crippen molar-refractivity contribution in [2.75, 3.05) is 23.3 Å². The molecule has 0 unspecified atom stereocenters. The highest BCUT2D eigenvalue weighted by molar-refractivity contribution is 6.03. The second-order valence-corrected chi connectivity index (χ2v) is 5.62. The van der Waals surface area contributed by atoms with Crippen LogP contribution >= 0.6 is 0 Å². The van der Waals surface area contributed by atoms with E-state index in [1.165, 1.54) is 25.7 Å². The zero-order valence-electron chi connectivity index (χ0n) is 12.7. The Morgan fingerprint density at radius 1 is 0.955 bits per heavy atom. The van der Waals surface area contributed by atoms with Crippen LogP contribution in [-0.2, 0) is 0 Å². The lowest BCUT2D eigenvalue weighted by Crippen LogP contribution is -2.24. The Labute approximate surface area is 131 Å². The first-order valence-electron chi connectivity index (χ1n) is 7.90. The van der Waals surface area contributed by atoms with Crippen molar-refractivity contribution in [2.24, 2.45) is 0 Å². The summed E-state index contributed by atoms with van der Waals surface area (Å²) >= 11 is 0. The van der Waals surface area contributed by atoms with Crippen LogP contribution in [0.4, 0.5) is 11.5 Å². The van der Waals surface area contributed by atoms with Gasteiger partial charge in [-0.25, -0.2) is 4.98 Å². The number of aromatic nitrogens is 1. The molecule has 114 valence electrons. The maximum Gasteiger partial charge on any atom is 0.256 e. The summed E-state index contributed by atoms with van der Waals surface area (Å²) in [6.45, 7) is 2.19. The number of carbonyl (C=O) groups excluding carboxylic acids is 1. The van der Waals surface area contributed by atoms with Crippen LogP contribution in [0.3, 0.4) is 0 Å². The molecule has 0 spiro atoms. The van der Waals surface area contributed by atoms with Crippen molar-refractivity contribution in [2.45, 2.75) is 25.7 Å². The van der Waals surface area contributed by atoms with Crippen LogP contribution in [0.2, 0.25) is 0 Å². The topological polar surface area (TPSA) is 45.2 Å². The van der Waals surface area contributed by atoms with Crippen LogP contribution < -0.4 is 10.2 Å². The van der Waals surface area contributed by atoms with E-state index in [9.17, 15) is 4.79 Å². The van der Waals surface area contributed by atoms with Gasteiger partial charge in [0.25, 0.3) is 5.91 Å². The zero-order valence-corrected chi connectivity index (χ0v) is 12.7. The van der Waals surface area contributed by atoms with Gasteiger partial charge in [-0.05, 0) is 37.1 Å². The molecule has 4 heteroatoms. The number of benzene rings is 1. The van der Waals surface area contributed by atoms with Crippen LogP contribution in [0.25, 0.3) is 0 Å². The minimum absolute atomic E-state index is 0.129. The fourth-order valence-electron chi connectivity index (χ4n) is 2.75. The normalized spacial score (nSPS) is 15.2. The van der Waals surface area contributed by atoms with Gasteiger partial charge in [0.1, 0.15) is 5.82 Å². The smallest absolute Gasteiger partial charge is 0.256 e. The van der Waals surface area contributed by atoms with Crippen molar-refractivity contribution < 1.29 is 4.79 Å². The molecule has 1 aromatic heterocycles. The molecule has 1 saturated heterocycles. The molecule has 0 radical (unpaired) electrons. The van der Waals surface area contributed by atoms with Crippen LogP contribution in [0.15, 0.2) is 48.7 Å². The monoisotopic (exact) mass is 295 g/mol. The summed E-state index contributed by atoms with van der Waals surface area (Å²) in [6, 6.07) is 13.1. The second kappa shape index (κ2) is 7.07. The van der Waals surface area contributed by atoms with Crippen molar-refractivity contribution in [3.63, 3.8) is 0 Å². The number of amides is 1. The maximum atomic E-state index is 12.1. The molecule has 0 saturated carbocycles. The average molecular weight is 295 g/mol. The highest BCUT2D eigenvalue weighted by Gasteiger charge is 2.11. The van der Waals surface area contributed by atoms with Crippen LogP contribution in [0, 0.1) is 0 Å². The summed E-state index contributed by atoms with van der Waals surface area (Å²) in [7, 11) is 0. The number of hydrogen-bond acceptors (Lipinski definition) is 3. The first-order valence-corrected chi connectivity index (χ1v) is 7.90. The Balaban J connectivity index is 1.65. The molecule has 0 atom stereocenters. The quantitative estimate of drug-likeness (QED) is 0.938. The van der Waals surface area contributed by atoms with E-state index in [1.54, 1.807) is 12.1 Å². The number of pyridine rings is 1. The Morgan fingerprint density at radius 2 is 1.68 bits per heavy atom. The van der Waals surface area contributed by atoms with Crippen molar-refractivity contribution in [1.82, 2.24) is 4.98 Å². The first kappa shape index (κ1) is 14.6. The minimum atomic E-state index is -0.129. The van der Waals surface area contributed by atoms with E-state index in [4.69, 9.17) is 0 Å². The number of carbonyl (C=O) groups is 1. The predicted octanol–water partition coefficient (Wildman–Crippen LogP) is 3.71. The molecule has 1 amide bonds. The Morgan fingerprint density at radius 3 is 2.32 bits per heavy atom. The molecule has 0 aliphatic carbocycles. The van der Waals surface area contributed by atoms with Gasteiger partial charge < -0.3 is 10.2 Å². The molecule has 22 heavy (non-hydrogen) atoms. The highest BCUT2D eigenvalue weighted by atomic mass is 16.1. The highest BCUT2D eigenvalue weighted by Crippen LogP contribution is 2.20. The van der Waals surface area contributed by atoms with E-state index in [2.05, 4.69) is 15.2 Å². The molecular formula is C18H21N3O. The van der Waals surface area contributed by atoms with Crippen LogP contribution in [0.1, 0.15) is 36.0 Å². The molecule has 4 nitrogen and oxygen atoms in total. The van der Waals surface area contributed by atoms with Gasteiger partial charge in [-0.15, -0.1) is 0 Å². The maximum absolute atomic E-state index is 12.1. The lowest BCUT2D eigenvalue weighted by Gasteiger charge is -2.22. The molecule has 3 rings (SSSR count). The predicted molar refractivity (Wildman–Crippen MR) is 89.3 cm³/mol. The summed E-state index contributed by atoms with van der Waals surface area (Å²) in [4.78, 5) is 18.8. The Hall–Kier alpha value is -2.36. The lowest BCUT2D eigenvalue weighted by atomic mass is 10.2. The zero-order chi connectivity index (χ0) is 15.2. The van der Waals surface area contributed by atoms with E-state index < -0.39 is 0 Å². The van der Waals surface area contributed by atoms with E-state index in [0.717, 1.165) is 18.8 Å². The van der Waals surface area contributed by atoms with Gasteiger partial charge in [-0.3, -0.25) is 4.79 Å². The fourth-order valence-corrected chi connectivity index (χ4v) is 2.75. The summed E-state index contributed by atoms with van der Waals surface area (Å²) < 4.78 is 0. The summed E-state index contributed by atoms with van der Waals surface area (Å²) in [5.41, 5.74) is 1.78. The summed E-state index contributed by atoms with van der Waals surface area (Å²) in [5, 5.41) is 2.83. The molecular weight excluding hydrogens is 274 g/mol. The SMILES string of the molecule is O=C(Nc1ccc(N2CCCCCC2)cn1)c1ccccc1. The Bertz CT molecular complexity index is 602. The molecule has 1 fully saturated rings. The van der Waals surface area contributed by atoms with Gasteiger partial charge in [-0.2, -0.15) is 0 Å². The third-order valence-corrected chi connectivity index (χ3v) is 4.00. The van der Waals surface area contributed by atoms with E-state index in [0.29, 0.717) is 11.4 Å². The van der Waals surface area contributed by atoms with Gasteiger partial charge >= 0.3 is 0 Å².